The average Bonchev–Trinajstić information content (AvgIpc) is 2.49. The van der Waals surface area contributed by atoms with Crippen LogP contribution >= 0.6 is 11.6 Å². The summed E-state index contributed by atoms with van der Waals surface area (Å²) < 4.78 is 35.6. The number of nitrogens with one attached hydrogen (secondary N) is 1. The quantitative estimate of drug-likeness (QED) is 0.848. The summed E-state index contributed by atoms with van der Waals surface area (Å²) in [7, 11) is -3.03. The standard InChI is InChI=1S/C11H13ClFNO2S/c12-10-6-17(15,16)7-11(10)14-5-8-2-1-3-9(13)4-8/h1-4,10-11,14H,5-7H2/t10-,11-/m1/s1. The van der Waals surface area contributed by atoms with Crippen LogP contribution in [0.3, 0.4) is 0 Å². The normalized spacial score (nSPS) is 27.2. The van der Waals surface area contributed by atoms with Crippen LogP contribution in [0.2, 0.25) is 0 Å². The first kappa shape index (κ1) is 12.8. The molecule has 3 nitrogen and oxygen atoms in total. The summed E-state index contributed by atoms with van der Waals surface area (Å²) in [5.41, 5.74) is 0.776. The molecule has 1 fully saturated rings. The molecule has 17 heavy (non-hydrogen) atoms. The number of halogens is 2. The molecule has 1 aromatic carbocycles. The van der Waals surface area contributed by atoms with Crippen LogP contribution in [0.5, 0.6) is 0 Å². The van der Waals surface area contributed by atoms with E-state index in [4.69, 9.17) is 11.6 Å². The van der Waals surface area contributed by atoms with Crippen LogP contribution < -0.4 is 5.32 Å². The van der Waals surface area contributed by atoms with Crippen molar-refractivity contribution in [2.24, 2.45) is 0 Å². The zero-order chi connectivity index (χ0) is 12.5. The fourth-order valence-electron chi connectivity index (χ4n) is 1.89. The lowest BCUT2D eigenvalue weighted by Gasteiger charge is -2.14. The van der Waals surface area contributed by atoms with Crippen LogP contribution in [0.25, 0.3) is 0 Å². The van der Waals surface area contributed by atoms with Crippen molar-refractivity contribution in [1.82, 2.24) is 5.32 Å². The topological polar surface area (TPSA) is 46.2 Å². The summed E-state index contributed by atoms with van der Waals surface area (Å²) in [6.07, 6.45) is 0. The van der Waals surface area contributed by atoms with E-state index in [0.717, 1.165) is 5.56 Å². The molecular formula is C11H13ClFNO2S. The van der Waals surface area contributed by atoms with E-state index in [1.807, 2.05) is 0 Å². The molecule has 0 saturated carbocycles. The van der Waals surface area contributed by atoms with Gasteiger partial charge in [-0.3, -0.25) is 0 Å². The minimum Gasteiger partial charge on any atom is -0.307 e. The van der Waals surface area contributed by atoms with Gasteiger partial charge in [-0.15, -0.1) is 11.6 Å². The largest absolute Gasteiger partial charge is 0.307 e. The Labute approximate surface area is 105 Å². The van der Waals surface area contributed by atoms with Crippen molar-refractivity contribution in [3.8, 4) is 0 Å². The van der Waals surface area contributed by atoms with Crippen molar-refractivity contribution in [2.75, 3.05) is 11.5 Å². The van der Waals surface area contributed by atoms with Crippen molar-refractivity contribution in [3.63, 3.8) is 0 Å². The molecule has 1 aromatic rings. The van der Waals surface area contributed by atoms with Gasteiger partial charge in [0.1, 0.15) is 5.82 Å². The summed E-state index contributed by atoms with van der Waals surface area (Å²) >= 11 is 5.94. The Morgan fingerprint density at radius 3 is 2.76 bits per heavy atom. The van der Waals surface area contributed by atoms with E-state index in [2.05, 4.69) is 5.32 Å². The van der Waals surface area contributed by atoms with E-state index in [-0.39, 0.29) is 23.4 Å². The molecule has 0 amide bonds. The number of benzene rings is 1. The van der Waals surface area contributed by atoms with Gasteiger partial charge in [-0.05, 0) is 17.7 Å². The minimum atomic E-state index is -3.03. The van der Waals surface area contributed by atoms with Gasteiger partial charge in [0, 0.05) is 12.6 Å². The first-order valence-corrected chi connectivity index (χ1v) is 7.54. The van der Waals surface area contributed by atoms with E-state index in [1.165, 1.54) is 12.1 Å². The van der Waals surface area contributed by atoms with E-state index in [1.54, 1.807) is 12.1 Å². The number of hydrogen-bond donors (Lipinski definition) is 1. The van der Waals surface area contributed by atoms with E-state index in [0.29, 0.717) is 6.54 Å². The van der Waals surface area contributed by atoms with Gasteiger partial charge in [-0.2, -0.15) is 0 Å². The Balaban J connectivity index is 1.95. The lowest BCUT2D eigenvalue weighted by atomic mass is 10.2. The maximum Gasteiger partial charge on any atom is 0.153 e. The summed E-state index contributed by atoms with van der Waals surface area (Å²) in [5.74, 6) is -0.239. The third kappa shape index (κ3) is 3.40. The van der Waals surface area contributed by atoms with Gasteiger partial charge in [-0.25, -0.2) is 12.8 Å². The lowest BCUT2D eigenvalue weighted by molar-refractivity contribution is 0.555. The molecule has 2 rings (SSSR count). The monoisotopic (exact) mass is 277 g/mol. The molecule has 2 atom stereocenters. The Bertz CT molecular complexity index is 506. The van der Waals surface area contributed by atoms with E-state index in [9.17, 15) is 12.8 Å². The Hall–Kier alpha value is -0.650. The van der Waals surface area contributed by atoms with E-state index >= 15 is 0 Å². The molecule has 0 radical (unpaired) electrons. The summed E-state index contributed by atoms with van der Waals surface area (Å²) in [6.45, 7) is 0.418. The van der Waals surface area contributed by atoms with Crippen molar-refractivity contribution in [2.45, 2.75) is 18.0 Å². The molecule has 1 heterocycles. The molecule has 1 aliphatic heterocycles. The molecular weight excluding hydrogens is 265 g/mol. The second kappa shape index (κ2) is 4.92. The third-order valence-corrected chi connectivity index (χ3v) is 5.12. The Kier molecular flexibility index (Phi) is 3.70. The molecule has 0 aliphatic carbocycles. The second-order valence-electron chi connectivity index (χ2n) is 4.21. The van der Waals surface area contributed by atoms with Crippen molar-refractivity contribution >= 4 is 21.4 Å². The lowest BCUT2D eigenvalue weighted by Crippen LogP contribution is -2.35. The number of alkyl halides is 1. The maximum absolute atomic E-state index is 12.9. The van der Waals surface area contributed by atoms with Gasteiger partial charge >= 0.3 is 0 Å². The van der Waals surface area contributed by atoms with E-state index < -0.39 is 15.2 Å². The Morgan fingerprint density at radius 2 is 2.18 bits per heavy atom. The van der Waals surface area contributed by atoms with Gasteiger partial charge < -0.3 is 5.32 Å². The highest BCUT2D eigenvalue weighted by Crippen LogP contribution is 2.18. The highest BCUT2D eigenvalue weighted by molar-refractivity contribution is 7.91. The number of hydrogen-bond acceptors (Lipinski definition) is 3. The highest BCUT2D eigenvalue weighted by Gasteiger charge is 2.35. The fraction of sp³-hybridized carbons (Fsp3) is 0.455. The van der Waals surface area contributed by atoms with Gasteiger partial charge in [0.25, 0.3) is 0 Å². The molecule has 1 N–H and O–H groups in total. The molecule has 6 heteroatoms. The second-order valence-corrected chi connectivity index (χ2v) is 6.92. The number of rotatable bonds is 3. The van der Waals surface area contributed by atoms with Crippen LogP contribution in [0.1, 0.15) is 5.56 Å². The van der Waals surface area contributed by atoms with Crippen LogP contribution in [-0.4, -0.2) is 31.3 Å². The molecule has 0 aromatic heterocycles. The van der Waals surface area contributed by atoms with Crippen molar-refractivity contribution in [3.05, 3.63) is 35.6 Å². The summed E-state index contributed by atoms with van der Waals surface area (Å²) in [5, 5.41) is 2.64. The van der Waals surface area contributed by atoms with Crippen LogP contribution in [0.15, 0.2) is 24.3 Å². The van der Waals surface area contributed by atoms with Crippen LogP contribution in [0, 0.1) is 5.82 Å². The van der Waals surface area contributed by atoms with Crippen molar-refractivity contribution in [1.29, 1.82) is 0 Å². The SMILES string of the molecule is O=S1(=O)C[C@@H](Cl)[C@H](NCc2cccc(F)c2)C1. The molecule has 0 spiro atoms. The molecule has 1 aliphatic rings. The number of sulfone groups is 1. The summed E-state index contributed by atoms with van der Waals surface area (Å²) in [4.78, 5) is 0. The first-order chi connectivity index (χ1) is 7.96. The highest BCUT2D eigenvalue weighted by atomic mass is 35.5. The zero-order valence-corrected chi connectivity index (χ0v) is 10.6. The van der Waals surface area contributed by atoms with Gasteiger partial charge in [0.15, 0.2) is 9.84 Å². The predicted molar refractivity (Wildman–Crippen MR) is 65.3 cm³/mol. The predicted octanol–water partition coefficient (Wildman–Crippen LogP) is 1.32. The fourth-order valence-corrected chi connectivity index (χ4v) is 4.50. The van der Waals surface area contributed by atoms with Gasteiger partial charge in [0.2, 0.25) is 0 Å². The smallest absolute Gasteiger partial charge is 0.153 e. The maximum atomic E-state index is 12.9. The molecule has 94 valence electrons. The van der Waals surface area contributed by atoms with Gasteiger partial charge in [-0.1, -0.05) is 12.1 Å². The molecule has 0 bridgehead atoms. The van der Waals surface area contributed by atoms with Gasteiger partial charge in [0.05, 0.1) is 16.9 Å². The summed E-state index contributed by atoms with van der Waals surface area (Å²) in [6, 6.07) is 5.93. The van der Waals surface area contributed by atoms with Crippen LogP contribution in [0.4, 0.5) is 4.39 Å². The molecule has 0 unspecified atom stereocenters. The first-order valence-electron chi connectivity index (χ1n) is 5.28. The Morgan fingerprint density at radius 1 is 1.41 bits per heavy atom. The zero-order valence-electron chi connectivity index (χ0n) is 9.07. The minimum absolute atomic E-state index is 0.00930. The molecule has 1 saturated heterocycles. The van der Waals surface area contributed by atoms with Crippen molar-refractivity contribution < 1.29 is 12.8 Å². The third-order valence-electron chi connectivity index (χ3n) is 2.74. The average molecular weight is 278 g/mol. The van der Waals surface area contributed by atoms with Crippen LogP contribution in [-0.2, 0) is 16.4 Å².